The Labute approximate surface area is 89.0 Å². The second-order valence-electron chi connectivity index (χ2n) is 3.12. The van der Waals surface area contributed by atoms with Crippen LogP contribution in [0.15, 0.2) is 30.5 Å². The van der Waals surface area contributed by atoms with Crippen LogP contribution in [0.3, 0.4) is 0 Å². The molecule has 2 aromatic rings. The first-order chi connectivity index (χ1) is 7.59. The summed E-state index contributed by atoms with van der Waals surface area (Å²) in [4.78, 5) is 3.56. The predicted octanol–water partition coefficient (Wildman–Crippen LogP) is 2.87. The van der Waals surface area contributed by atoms with Crippen LogP contribution in [-0.2, 0) is 0 Å². The molecular weight excluding hydrogens is 219 g/mol. The van der Waals surface area contributed by atoms with Gasteiger partial charge in [-0.25, -0.2) is 13.2 Å². The summed E-state index contributed by atoms with van der Waals surface area (Å²) in [5, 5.41) is 8.94. The Morgan fingerprint density at radius 2 is 1.62 bits per heavy atom. The fourth-order valence-corrected chi connectivity index (χ4v) is 1.36. The lowest BCUT2D eigenvalue weighted by Crippen LogP contribution is -1.95. The minimum Gasteiger partial charge on any atom is -0.508 e. The smallest absolute Gasteiger partial charge is 0.149 e. The first kappa shape index (κ1) is 10.5. The molecule has 0 radical (unpaired) electrons. The maximum Gasteiger partial charge on any atom is 0.149 e. The van der Waals surface area contributed by atoms with Crippen molar-refractivity contribution in [2.45, 2.75) is 0 Å². The minimum absolute atomic E-state index is 0.419. The molecule has 0 atom stereocenters. The number of aromatic nitrogens is 1. The molecule has 0 saturated carbocycles. The fourth-order valence-electron chi connectivity index (χ4n) is 1.36. The van der Waals surface area contributed by atoms with Crippen LogP contribution in [0.25, 0.3) is 11.3 Å². The van der Waals surface area contributed by atoms with E-state index in [4.69, 9.17) is 5.11 Å². The van der Waals surface area contributed by atoms with E-state index in [1.807, 2.05) is 0 Å². The van der Waals surface area contributed by atoms with E-state index in [1.165, 1.54) is 12.3 Å². The van der Waals surface area contributed by atoms with Crippen molar-refractivity contribution in [3.05, 3.63) is 47.9 Å². The van der Waals surface area contributed by atoms with Crippen LogP contribution in [0.2, 0.25) is 0 Å². The van der Waals surface area contributed by atoms with Gasteiger partial charge in [-0.2, -0.15) is 0 Å². The average molecular weight is 225 g/mol. The van der Waals surface area contributed by atoms with Crippen LogP contribution in [0.4, 0.5) is 13.2 Å². The number of phenolic OH excluding ortho intramolecular Hbond substituents is 1. The maximum absolute atomic E-state index is 13.4. The van der Waals surface area contributed by atoms with Crippen molar-refractivity contribution in [3.63, 3.8) is 0 Å². The molecule has 1 N–H and O–H groups in total. The summed E-state index contributed by atoms with van der Waals surface area (Å²) in [6, 6.07) is 3.77. The van der Waals surface area contributed by atoms with E-state index in [9.17, 15) is 13.2 Å². The third-order valence-corrected chi connectivity index (χ3v) is 2.02. The van der Waals surface area contributed by atoms with Crippen LogP contribution in [-0.4, -0.2) is 10.1 Å². The lowest BCUT2D eigenvalue weighted by molar-refractivity contribution is 0.461. The van der Waals surface area contributed by atoms with Crippen LogP contribution in [0.5, 0.6) is 5.75 Å². The molecule has 5 heteroatoms. The highest BCUT2D eigenvalue weighted by Crippen LogP contribution is 2.29. The summed E-state index contributed by atoms with van der Waals surface area (Å²) in [5.74, 6) is -3.51. The highest BCUT2D eigenvalue weighted by molar-refractivity contribution is 5.62. The Hall–Kier alpha value is -2.04. The molecule has 0 aliphatic carbocycles. The molecule has 1 aromatic heterocycles. The molecule has 1 aromatic carbocycles. The molecule has 0 spiro atoms. The van der Waals surface area contributed by atoms with Crippen molar-refractivity contribution in [2.75, 3.05) is 0 Å². The summed E-state index contributed by atoms with van der Waals surface area (Å²) in [7, 11) is 0. The first-order valence-corrected chi connectivity index (χ1v) is 4.38. The van der Waals surface area contributed by atoms with Crippen LogP contribution < -0.4 is 0 Å². The Bertz CT molecular complexity index is 519. The lowest BCUT2D eigenvalue weighted by atomic mass is 10.1. The van der Waals surface area contributed by atoms with Crippen LogP contribution in [0.1, 0.15) is 0 Å². The molecule has 0 aliphatic heterocycles. The quantitative estimate of drug-likeness (QED) is 0.809. The molecule has 0 amide bonds. The Morgan fingerprint density at radius 3 is 2.19 bits per heavy atom. The maximum atomic E-state index is 13.4. The topological polar surface area (TPSA) is 33.1 Å². The van der Waals surface area contributed by atoms with Crippen molar-refractivity contribution < 1.29 is 18.3 Å². The van der Waals surface area contributed by atoms with E-state index < -0.39 is 34.5 Å². The zero-order chi connectivity index (χ0) is 11.7. The molecule has 0 bridgehead atoms. The van der Waals surface area contributed by atoms with Gasteiger partial charge >= 0.3 is 0 Å². The Balaban J connectivity index is 2.70. The zero-order valence-corrected chi connectivity index (χ0v) is 7.92. The number of phenols is 1. The van der Waals surface area contributed by atoms with Gasteiger partial charge in [0.2, 0.25) is 0 Å². The lowest BCUT2D eigenvalue weighted by Gasteiger charge is -2.05. The summed E-state index contributed by atoms with van der Waals surface area (Å²) in [5.41, 5.74) is -1.01. The molecule has 2 rings (SSSR count). The molecule has 82 valence electrons. The van der Waals surface area contributed by atoms with Gasteiger partial charge in [-0.1, -0.05) is 0 Å². The Kier molecular flexibility index (Phi) is 2.52. The largest absolute Gasteiger partial charge is 0.508 e. The van der Waals surface area contributed by atoms with E-state index in [0.717, 1.165) is 6.07 Å². The molecule has 0 aliphatic rings. The molecule has 0 unspecified atom stereocenters. The van der Waals surface area contributed by atoms with E-state index in [1.54, 1.807) is 0 Å². The predicted molar refractivity (Wildman–Crippen MR) is 51.2 cm³/mol. The SMILES string of the molecule is Oc1cc(F)c(-c2ncccc2F)c(F)c1. The van der Waals surface area contributed by atoms with Gasteiger partial charge in [0, 0.05) is 18.3 Å². The number of rotatable bonds is 1. The summed E-state index contributed by atoms with van der Waals surface area (Å²) in [6.07, 6.45) is 1.23. The minimum atomic E-state index is -1.06. The highest BCUT2D eigenvalue weighted by atomic mass is 19.1. The van der Waals surface area contributed by atoms with Gasteiger partial charge in [-0.3, -0.25) is 4.98 Å². The summed E-state index contributed by atoms with van der Waals surface area (Å²) >= 11 is 0. The first-order valence-electron chi connectivity index (χ1n) is 4.38. The van der Waals surface area contributed by atoms with Crippen molar-refractivity contribution >= 4 is 0 Å². The van der Waals surface area contributed by atoms with Crippen molar-refractivity contribution in [1.29, 1.82) is 0 Å². The number of pyridine rings is 1. The van der Waals surface area contributed by atoms with Gasteiger partial charge in [0.05, 0.1) is 5.56 Å². The second-order valence-corrected chi connectivity index (χ2v) is 3.12. The third kappa shape index (κ3) is 1.71. The van der Waals surface area contributed by atoms with Gasteiger partial charge in [0.1, 0.15) is 28.9 Å². The van der Waals surface area contributed by atoms with Gasteiger partial charge in [-0.15, -0.1) is 0 Å². The van der Waals surface area contributed by atoms with E-state index in [0.29, 0.717) is 12.1 Å². The fraction of sp³-hybridized carbons (Fsp3) is 0. The highest BCUT2D eigenvalue weighted by Gasteiger charge is 2.17. The Morgan fingerprint density at radius 1 is 1.00 bits per heavy atom. The number of nitrogens with zero attached hydrogens (tertiary/aromatic N) is 1. The second kappa shape index (κ2) is 3.84. The number of aromatic hydroxyl groups is 1. The van der Waals surface area contributed by atoms with Crippen LogP contribution >= 0.6 is 0 Å². The summed E-state index contributed by atoms with van der Waals surface area (Å²) < 4.78 is 40.0. The monoisotopic (exact) mass is 225 g/mol. The van der Waals surface area contributed by atoms with E-state index >= 15 is 0 Å². The molecule has 2 nitrogen and oxygen atoms in total. The summed E-state index contributed by atoms with van der Waals surface area (Å²) in [6.45, 7) is 0. The normalized spacial score (nSPS) is 10.4. The van der Waals surface area contributed by atoms with E-state index in [2.05, 4.69) is 4.98 Å². The zero-order valence-electron chi connectivity index (χ0n) is 7.92. The van der Waals surface area contributed by atoms with Gasteiger partial charge < -0.3 is 5.11 Å². The van der Waals surface area contributed by atoms with Crippen LogP contribution in [0, 0.1) is 17.5 Å². The van der Waals surface area contributed by atoms with Crippen molar-refractivity contribution in [2.24, 2.45) is 0 Å². The number of halogens is 3. The van der Waals surface area contributed by atoms with Gasteiger partial charge in [0.15, 0.2) is 0 Å². The van der Waals surface area contributed by atoms with E-state index in [-0.39, 0.29) is 0 Å². The molecule has 16 heavy (non-hydrogen) atoms. The number of benzene rings is 1. The van der Waals surface area contributed by atoms with Crippen molar-refractivity contribution in [3.8, 4) is 17.0 Å². The molecule has 0 fully saturated rings. The standard InChI is InChI=1S/C11H6F3NO/c12-7-2-1-3-15-11(7)10-8(13)4-6(16)5-9(10)14/h1-5,16H. The third-order valence-electron chi connectivity index (χ3n) is 2.02. The average Bonchev–Trinajstić information content (AvgIpc) is 2.19. The van der Waals surface area contributed by atoms with Crippen molar-refractivity contribution in [1.82, 2.24) is 4.98 Å². The molecule has 0 saturated heterocycles. The number of hydrogen-bond acceptors (Lipinski definition) is 2. The van der Waals surface area contributed by atoms with Gasteiger partial charge in [-0.05, 0) is 12.1 Å². The molecule has 1 heterocycles. The number of hydrogen-bond donors (Lipinski definition) is 1. The van der Waals surface area contributed by atoms with Gasteiger partial charge in [0.25, 0.3) is 0 Å². The molecular formula is C11H6F3NO.